The predicted molar refractivity (Wildman–Crippen MR) is 134 cm³/mol. The zero-order valence-corrected chi connectivity index (χ0v) is 21.7. The normalized spacial score (nSPS) is 21.5. The standard InChI is InChI=1S/C24H30FN7O4S/c1-31(2)24(36)13-4-6-15(27-20(33)21(34)30-19-7-5-14(25)11-26-19)17(10-13)28-22(35)23-29-16-8-9-32(3)12-18(16)37-23/h5,7,11,13,15,17H,4,6,8-10,12H2,1-3H3,(H,27,33)(H,28,35)(H,26,30,34)/t13-,15-,17?/m0/s1. The van der Waals surface area contributed by atoms with E-state index in [1.54, 1.807) is 14.1 Å². The first kappa shape index (κ1) is 26.6. The molecule has 4 rings (SSSR count). The molecule has 13 heteroatoms. The van der Waals surface area contributed by atoms with Crippen LogP contribution in [0.2, 0.25) is 0 Å². The van der Waals surface area contributed by atoms with Gasteiger partial charge in [0.25, 0.3) is 5.91 Å². The third-order valence-corrected chi connectivity index (χ3v) is 7.65. The summed E-state index contributed by atoms with van der Waals surface area (Å²) in [6.45, 7) is 1.61. The molecule has 1 aliphatic heterocycles. The largest absolute Gasteiger partial charge is 0.349 e. The lowest BCUT2D eigenvalue weighted by Crippen LogP contribution is -2.57. The van der Waals surface area contributed by atoms with Gasteiger partial charge in [0.05, 0.1) is 17.9 Å². The average molecular weight is 532 g/mol. The van der Waals surface area contributed by atoms with E-state index in [4.69, 9.17) is 0 Å². The number of thiazole rings is 1. The Morgan fingerprint density at radius 1 is 1.11 bits per heavy atom. The lowest BCUT2D eigenvalue weighted by atomic mass is 9.81. The van der Waals surface area contributed by atoms with Crippen molar-refractivity contribution in [2.75, 3.05) is 33.0 Å². The molecule has 1 saturated carbocycles. The number of rotatable bonds is 5. The molecule has 1 fully saturated rings. The molecular weight excluding hydrogens is 501 g/mol. The van der Waals surface area contributed by atoms with Crippen LogP contribution >= 0.6 is 11.3 Å². The maximum Gasteiger partial charge on any atom is 0.314 e. The van der Waals surface area contributed by atoms with Gasteiger partial charge in [-0.15, -0.1) is 11.3 Å². The Kier molecular flexibility index (Phi) is 8.13. The van der Waals surface area contributed by atoms with Gasteiger partial charge in [0, 0.05) is 50.4 Å². The van der Waals surface area contributed by atoms with Crippen molar-refractivity contribution in [3.8, 4) is 0 Å². The highest BCUT2D eigenvalue weighted by Crippen LogP contribution is 2.28. The molecule has 3 N–H and O–H groups in total. The first-order valence-corrected chi connectivity index (χ1v) is 12.8. The number of aromatic nitrogens is 2. The van der Waals surface area contributed by atoms with E-state index in [1.165, 1.54) is 22.3 Å². The summed E-state index contributed by atoms with van der Waals surface area (Å²) < 4.78 is 13.1. The molecule has 3 heterocycles. The fourth-order valence-electron chi connectivity index (χ4n) is 4.60. The van der Waals surface area contributed by atoms with E-state index in [0.29, 0.717) is 24.3 Å². The molecule has 1 unspecified atom stereocenters. The summed E-state index contributed by atoms with van der Waals surface area (Å²) in [5.41, 5.74) is 0.925. The average Bonchev–Trinajstić information content (AvgIpc) is 3.29. The van der Waals surface area contributed by atoms with Gasteiger partial charge in [-0.3, -0.25) is 19.2 Å². The summed E-state index contributed by atoms with van der Waals surface area (Å²) >= 11 is 1.34. The summed E-state index contributed by atoms with van der Waals surface area (Å²) in [7, 11) is 5.37. The molecule has 0 spiro atoms. The highest BCUT2D eigenvalue weighted by molar-refractivity contribution is 7.13. The molecule has 2 aromatic heterocycles. The second-order valence-electron chi connectivity index (χ2n) is 9.60. The minimum Gasteiger partial charge on any atom is -0.349 e. The van der Waals surface area contributed by atoms with Crippen LogP contribution in [0.25, 0.3) is 0 Å². The number of hydrogen-bond acceptors (Lipinski definition) is 8. The van der Waals surface area contributed by atoms with Crippen LogP contribution in [0.5, 0.6) is 0 Å². The van der Waals surface area contributed by atoms with Crippen molar-refractivity contribution < 1.29 is 23.6 Å². The summed E-state index contributed by atoms with van der Waals surface area (Å²) in [6.07, 6.45) is 2.89. The quantitative estimate of drug-likeness (QED) is 0.485. The summed E-state index contributed by atoms with van der Waals surface area (Å²) in [5, 5.41) is 8.30. The van der Waals surface area contributed by atoms with Crippen molar-refractivity contribution in [3.05, 3.63) is 39.7 Å². The van der Waals surface area contributed by atoms with Gasteiger partial charge >= 0.3 is 11.8 Å². The molecular formula is C24H30FN7O4S. The van der Waals surface area contributed by atoms with Crippen LogP contribution in [0.15, 0.2) is 18.3 Å². The van der Waals surface area contributed by atoms with Gasteiger partial charge in [0.2, 0.25) is 5.91 Å². The second-order valence-corrected chi connectivity index (χ2v) is 10.7. The molecule has 3 atom stereocenters. The number of likely N-dealkylation sites (N-methyl/N-ethyl adjacent to an activating group) is 1. The Morgan fingerprint density at radius 2 is 1.89 bits per heavy atom. The molecule has 11 nitrogen and oxygen atoms in total. The Morgan fingerprint density at radius 3 is 2.59 bits per heavy atom. The van der Waals surface area contributed by atoms with E-state index in [0.717, 1.165) is 42.3 Å². The van der Waals surface area contributed by atoms with Crippen LogP contribution in [-0.2, 0) is 27.3 Å². The van der Waals surface area contributed by atoms with E-state index in [1.807, 2.05) is 7.05 Å². The maximum absolute atomic E-state index is 13.2. The highest BCUT2D eigenvalue weighted by atomic mass is 32.1. The molecule has 0 saturated heterocycles. The van der Waals surface area contributed by atoms with Crippen LogP contribution in [0.3, 0.4) is 0 Å². The van der Waals surface area contributed by atoms with Gasteiger partial charge in [-0.05, 0) is 38.4 Å². The highest BCUT2D eigenvalue weighted by Gasteiger charge is 2.37. The molecule has 4 amide bonds. The number of pyridine rings is 1. The van der Waals surface area contributed by atoms with Gasteiger partial charge in [-0.25, -0.2) is 14.4 Å². The minimum absolute atomic E-state index is 0.0325. The first-order valence-electron chi connectivity index (χ1n) is 12.0. The molecule has 0 aromatic carbocycles. The van der Waals surface area contributed by atoms with E-state index >= 15 is 0 Å². The van der Waals surface area contributed by atoms with Crippen LogP contribution in [0.1, 0.15) is 39.6 Å². The van der Waals surface area contributed by atoms with E-state index < -0.39 is 29.7 Å². The monoisotopic (exact) mass is 531 g/mol. The number of amides is 4. The minimum atomic E-state index is -0.965. The smallest absolute Gasteiger partial charge is 0.314 e. The van der Waals surface area contributed by atoms with Crippen molar-refractivity contribution in [1.82, 2.24) is 30.4 Å². The van der Waals surface area contributed by atoms with Crippen molar-refractivity contribution in [2.45, 2.75) is 44.3 Å². The number of anilines is 1. The number of nitrogens with zero attached hydrogens (tertiary/aromatic N) is 4. The van der Waals surface area contributed by atoms with Gasteiger partial charge < -0.3 is 25.8 Å². The summed E-state index contributed by atoms with van der Waals surface area (Å²) in [6, 6.07) is 1.20. The fraction of sp³-hybridized carbons (Fsp3) is 0.500. The zero-order chi connectivity index (χ0) is 26.7. The molecule has 2 aliphatic rings. The van der Waals surface area contributed by atoms with Crippen molar-refractivity contribution >= 4 is 40.8 Å². The first-order chi connectivity index (χ1) is 17.6. The maximum atomic E-state index is 13.2. The summed E-state index contributed by atoms with van der Waals surface area (Å²) in [4.78, 5) is 63.8. The molecule has 198 valence electrons. The van der Waals surface area contributed by atoms with Crippen LogP contribution in [-0.4, -0.2) is 83.2 Å². The second kappa shape index (κ2) is 11.3. The van der Waals surface area contributed by atoms with Gasteiger partial charge in [-0.1, -0.05) is 0 Å². The Hall–Kier alpha value is -3.45. The molecule has 0 bridgehead atoms. The molecule has 37 heavy (non-hydrogen) atoms. The third-order valence-electron chi connectivity index (χ3n) is 6.56. The van der Waals surface area contributed by atoms with Crippen LogP contribution < -0.4 is 16.0 Å². The summed E-state index contributed by atoms with van der Waals surface area (Å²) in [5.74, 6) is -3.18. The Bertz CT molecular complexity index is 1190. The van der Waals surface area contributed by atoms with Gasteiger partial charge in [-0.2, -0.15) is 0 Å². The Balaban J connectivity index is 1.45. The lowest BCUT2D eigenvalue weighted by molar-refractivity contribution is -0.137. The number of nitrogens with one attached hydrogen (secondary N) is 3. The van der Waals surface area contributed by atoms with Crippen molar-refractivity contribution in [3.63, 3.8) is 0 Å². The van der Waals surface area contributed by atoms with E-state index in [-0.39, 0.29) is 23.6 Å². The zero-order valence-electron chi connectivity index (χ0n) is 20.9. The fourth-order valence-corrected chi connectivity index (χ4v) is 5.69. The van der Waals surface area contributed by atoms with Gasteiger partial charge in [0.15, 0.2) is 5.01 Å². The van der Waals surface area contributed by atoms with Crippen LogP contribution in [0, 0.1) is 11.7 Å². The third kappa shape index (κ3) is 6.46. The van der Waals surface area contributed by atoms with Gasteiger partial charge in [0.1, 0.15) is 11.6 Å². The number of carbonyl (C=O) groups is 4. The van der Waals surface area contributed by atoms with E-state index in [9.17, 15) is 23.6 Å². The SMILES string of the molecule is CN1CCc2nc(C(=O)NC3C[C@@H](C(=O)N(C)C)CC[C@@H]3NC(=O)C(=O)Nc3ccc(F)cn3)sc2C1. The molecule has 0 radical (unpaired) electrons. The topological polar surface area (TPSA) is 137 Å². The Labute approximate surface area is 217 Å². The number of hydrogen-bond donors (Lipinski definition) is 3. The molecule has 2 aromatic rings. The number of carbonyl (C=O) groups excluding carboxylic acids is 4. The number of halogens is 1. The van der Waals surface area contributed by atoms with Crippen molar-refractivity contribution in [1.29, 1.82) is 0 Å². The predicted octanol–water partition coefficient (Wildman–Crippen LogP) is 0.775. The van der Waals surface area contributed by atoms with Crippen molar-refractivity contribution in [2.24, 2.45) is 5.92 Å². The molecule has 1 aliphatic carbocycles. The van der Waals surface area contributed by atoms with Crippen LogP contribution in [0.4, 0.5) is 10.2 Å². The number of fused-ring (bicyclic) bond motifs is 1. The lowest BCUT2D eigenvalue weighted by Gasteiger charge is -2.37. The van der Waals surface area contributed by atoms with E-state index in [2.05, 4.69) is 30.8 Å².